The van der Waals surface area contributed by atoms with Crippen molar-refractivity contribution in [3.8, 4) is 0 Å². The minimum Gasteiger partial charge on any atom is -0.456 e. The van der Waals surface area contributed by atoms with Gasteiger partial charge >= 0.3 is 12.7 Å². The fraction of sp³-hybridized carbons (Fsp3) is 0.350. The highest BCUT2D eigenvalue weighted by atomic mass is 32.2. The van der Waals surface area contributed by atoms with Crippen LogP contribution in [0.3, 0.4) is 0 Å². The lowest BCUT2D eigenvalue weighted by Crippen LogP contribution is -2.31. The van der Waals surface area contributed by atoms with Gasteiger partial charge in [-0.15, -0.1) is 0 Å². The van der Waals surface area contributed by atoms with Crippen molar-refractivity contribution >= 4 is 38.7 Å². The highest BCUT2D eigenvalue weighted by Gasteiger charge is 2.21. The molecule has 0 spiro atoms. The van der Waals surface area contributed by atoms with Crippen LogP contribution in [0.15, 0.2) is 28.9 Å². The summed E-state index contributed by atoms with van der Waals surface area (Å²) < 4.78 is 84.2. The number of hydrogen-bond donors (Lipinski definition) is 4. The number of anilines is 2. The largest absolute Gasteiger partial charge is 0.456 e. The molecule has 2 amide bonds. The van der Waals surface area contributed by atoms with Crippen molar-refractivity contribution in [2.75, 3.05) is 16.4 Å². The summed E-state index contributed by atoms with van der Waals surface area (Å²) in [5, 5.41) is 13.2. The number of nitrogens with two attached hydrogens (primary N) is 1. The number of rotatable bonds is 7. The Hall–Kier alpha value is -3.53. The first kappa shape index (κ1) is 28.7. The first-order valence-electron chi connectivity index (χ1n) is 10.1. The van der Waals surface area contributed by atoms with Crippen LogP contribution in [0.25, 0.3) is 11.0 Å². The molecule has 0 fully saturated rings. The van der Waals surface area contributed by atoms with Crippen molar-refractivity contribution in [3.63, 3.8) is 0 Å². The monoisotopic (exact) mass is 538 g/mol. The Morgan fingerprint density at radius 1 is 1.14 bits per heavy atom. The molecule has 3 aromatic rings. The van der Waals surface area contributed by atoms with Gasteiger partial charge in [-0.1, -0.05) is 0 Å². The molecule has 0 aliphatic rings. The topological polar surface area (TPSA) is 152 Å². The molecule has 0 bridgehead atoms. The van der Waals surface area contributed by atoms with Crippen LogP contribution in [0.2, 0.25) is 0 Å². The Balaban J connectivity index is 0.00000106. The maximum Gasteiger partial charge on any atom is 0.379 e. The maximum absolute atomic E-state index is 14.0. The zero-order valence-electron chi connectivity index (χ0n) is 19.2. The highest BCUT2D eigenvalue weighted by molar-refractivity contribution is 7.89. The van der Waals surface area contributed by atoms with E-state index in [0.29, 0.717) is 16.7 Å². The van der Waals surface area contributed by atoms with Gasteiger partial charge in [-0.2, -0.15) is 13.2 Å². The first-order chi connectivity index (χ1) is 16.7. The van der Waals surface area contributed by atoms with Gasteiger partial charge in [-0.3, -0.25) is 0 Å². The Kier molecular flexibility index (Phi) is 9.52. The molecule has 5 N–H and O–H groups in total. The molecule has 0 saturated heterocycles. The van der Waals surface area contributed by atoms with Crippen LogP contribution < -0.4 is 21.1 Å². The van der Waals surface area contributed by atoms with E-state index < -0.39 is 46.5 Å². The van der Waals surface area contributed by atoms with Crippen molar-refractivity contribution in [1.82, 2.24) is 15.3 Å². The number of halogens is 5. The number of aromatic nitrogens is 2. The predicted octanol–water partition coefficient (Wildman–Crippen LogP) is 3.96. The van der Waals surface area contributed by atoms with Crippen LogP contribution in [0.1, 0.15) is 31.2 Å². The molecule has 198 valence electrons. The van der Waals surface area contributed by atoms with Crippen molar-refractivity contribution in [3.05, 3.63) is 47.5 Å². The number of primary sulfonamides is 1. The fourth-order valence-electron chi connectivity index (χ4n) is 3.18. The molecule has 2 atom stereocenters. The number of amides is 2. The van der Waals surface area contributed by atoms with Gasteiger partial charge in [0.15, 0.2) is 11.4 Å². The molecule has 10 nitrogen and oxygen atoms in total. The molecule has 2 aromatic heterocycles. The summed E-state index contributed by atoms with van der Waals surface area (Å²) in [5.74, 6) is -1.39. The molecule has 0 saturated carbocycles. The Morgan fingerprint density at radius 3 is 2.28 bits per heavy atom. The second-order valence-electron chi connectivity index (χ2n) is 7.59. The van der Waals surface area contributed by atoms with Gasteiger partial charge in [-0.25, -0.2) is 37.1 Å². The number of hydrogen-bond acceptors (Lipinski definition) is 7. The summed E-state index contributed by atoms with van der Waals surface area (Å²) in [6, 6.07) is 0.137. The highest BCUT2D eigenvalue weighted by Crippen LogP contribution is 2.31. The number of fused-ring (bicyclic) bond motifs is 1. The summed E-state index contributed by atoms with van der Waals surface area (Å²) in [6.07, 6.45) is 2.65. The normalized spacial score (nSPS) is 13.1. The molecule has 16 heteroatoms. The third-order valence-corrected chi connectivity index (χ3v) is 5.47. The standard InChI is InChI=1S/C19H22F2N6O4S.CHF3/c1-9(8-32(22,29)30)25-18-23-6-13(7-24-18)27-19(28)26-11(3)16-10(2)14-4-12(20)5-15(21)17(14)31-16;2-1(3)4/h4-7,9,11H,8H2,1-3H3,(H2,22,29,30)(H,23,24,25)(H2,26,27,28);1H. The molecular weight excluding hydrogens is 515 g/mol. The van der Waals surface area contributed by atoms with E-state index in [4.69, 9.17) is 9.56 Å². The van der Waals surface area contributed by atoms with E-state index in [1.807, 2.05) is 0 Å². The maximum atomic E-state index is 14.0. The number of aryl methyl sites for hydroxylation is 1. The SMILES string of the molecule is Cc1c(C(C)NC(=O)Nc2cnc(NC(C)CS(N)(=O)=O)nc2)oc2c(F)cc(F)cc12.FC(F)F. The smallest absolute Gasteiger partial charge is 0.379 e. The predicted molar refractivity (Wildman–Crippen MR) is 122 cm³/mol. The summed E-state index contributed by atoms with van der Waals surface area (Å²) >= 11 is 0. The summed E-state index contributed by atoms with van der Waals surface area (Å²) in [7, 11) is -3.65. The molecule has 3 rings (SSSR count). The molecule has 0 radical (unpaired) electrons. The van der Waals surface area contributed by atoms with E-state index in [0.717, 1.165) is 6.07 Å². The van der Waals surface area contributed by atoms with Crippen LogP contribution in [0.4, 0.5) is 38.4 Å². The molecule has 2 heterocycles. The number of nitrogens with zero attached hydrogens (tertiary/aromatic N) is 2. The molecule has 36 heavy (non-hydrogen) atoms. The summed E-state index contributed by atoms with van der Waals surface area (Å²) in [4.78, 5) is 20.3. The van der Waals surface area contributed by atoms with Crippen LogP contribution in [-0.4, -0.2) is 42.9 Å². The lowest BCUT2D eigenvalue weighted by molar-refractivity contribution is 0.00818. The Morgan fingerprint density at radius 2 is 1.72 bits per heavy atom. The third-order valence-electron chi connectivity index (χ3n) is 4.50. The second-order valence-corrected chi connectivity index (χ2v) is 9.25. The van der Waals surface area contributed by atoms with E-state index in [-0.39, 0.29) is 23.0 Å². The van der Waals surface area contributed by atoms with Crippen molar-refractivity contribution in [2.24, 2.45) is 5.14 Å². The molecular formula is C20H23F5N6O4S. The van der Waals surface area contributed by atoms with E-state index in [1.54, 1.807) is 20.8 Å². The number of sulfonamides is 1. The van der Waals surface area contributed by atoms with Crippen LogP contribution >= 0.6 is 0 Å². The van der Waals surface area contributed by atoms with Crippen molar-refractivity contribution in [1.29, 1.82) is 0 Å². The van der Waals surface area contributed by atoms with Gasteiger partial charge in [-0.05, 0) is 26.8 Å². The van der Waals surface area contributed by atoms with Gasteiger partial charge in [0.2, 0.25) is 16.0 Å². The average Bonchev–Trinajstić information content (AvgIpc) is 3.04. The number of nitrogens with one attached hydrogen (secondary N) is 3. The second kappa shape index (κ2) is 11.9. The van der Waals surface area contributed by atoms with E-state index in [2.05, 4.69) is 25.9 Å². The Labute approximate surface area is 202 Å². The van der Waals surface area contributed by atoms with Crippen molar-refractivity contribution in [2.45, 2.75) is 39.5 Å². The first-order valence-corrected chi connectivity index (χ1v) is 11.8. The number of urea groups is 1. The number of carbonyl (C=O) groups is 1. The van der Waals surface area contributed by atoms with Crippen LogP contribution in [0.5, 0.6) is 0 Å². The van der Waals surface area contributed by atoms with Gasteiger partial charge < -0.3 is 20.4 Å². The lowest BCUT2D eigenvalue weighted by atomic mass is 10.1. The van der Waals surface area contributed by atoms with Gasteiger partial charge in [0.05, 0.1) is 29.9 Å². The number of benzene rings is 1. The van der Waals surface area contributed by atoms with E-state index >= 15 is 0 Å². The fourth-order valence-corrected chi connectivity index (χ4v) is 3.96. The minimum absolute atomic E-state index is 0.0823. The van der Waals surface area contributed by atoms with Gasteiger partial charge in [0.25, 0.3) is 0 Å². The Bertz CT molecular complexity index is 1300. The van der Waals surface area contributed by atoms with Gasteiger partial charge in [0.1, 0.15) is 11.6 Å². The average molecular weight is 538 g/mol. The van der Waals surface area contributed by atoms with E-state index in [9.17, 15) is 35.2 Å². The van der Waals surface area contributed by atoms with Crippen molar-refractivity contribution < 1.29 is 39.6 Å². The van der Waals surface area contributed by atoms with Crippen LogP contribution in [0, 0.1) is 18.6 Å². The summed E-state index contributed by atoms with van der Waals surface area (Å²) in [6.45, 7) is 1.22. The number of carbonyl (C=O) groups excluding carboxylic acids is 1. The number of furan rings is 1. The third kappa shape index (κ3) is 8.60. The van der Waals surface area contributed by atoms with E-state index in [1.165, 1.54) is 18.5 Å². The van der Waals surface area contributed by atoms with Crippen LogP contribution in [-0.2, 0) is 10.0 Å². The molecule has 0 aliphatic carbocycles. The summed E-state index contributed by atoms with van der Waals surface area (Å²) in [5.41, 5.74) is 0.702. The molecule has 0 aliphatic heterocycles. The zero-order chi connectivity index (χ0) is 27.2. The molecule has 1 aromatic carbocycles. The number of alkyl halides is 3. The molecule has 2 unspecified atom stereocenters. The minimum atomic E-state index is -3.67. The lowest BCUT2D eigenvalue weighted by Gasteiger charge is -2.14. The van der Waals surface area contributed by atoms with Gasteiger partial charge in [0, 0.05) is 23.1 Å². The quantitative estimate of drug-likeness (QED) is 0.332. The zero-order valence-corrected chi connectivity index (χ0v) is 20.0.